The third kappa shape index (κ3) is 5.02. The maximum atomic E-state index is 12.5. The van der Waals surface area contributed by atoms with Gasteiger partial charge in [0.15, 0.2) is 11.0 Å². The van der Waals surface area contributed by atoms with Crippen molar-refractivity contribution in [3.63, 3.8) is 0 Å². The molecule has 0 atom stereocenters. The average molecular weight is 503 g/mol. The second-order valence-corrected chi connectivity index (χ2v) is 9.89. The molecule has 0 spiro atoms. The van der Waals surface area contributed by atoms with E-state index in [4.69, 9.17) is 23.2 Å². The summed E-state index contributed by atoms with van der Waals surface area (Å²) < 4.78 is 2.04. The normalized spacial score (nSPS) is 11.0. The number of carbonyl (C=O) groups is 1. The maximum absolute atomic E-state index is 12.5. The van der Waals surface area contributed by atoms with Crippen LogP contribution < -0.4 is 5.32 Å². The molecule has 0 bridgehead atoms. The van der Waals surface area contributed by atoms with Crippen LogP contribution in [0.5, 0.6) is 0 Å². The van der Waals surface area contributed by atoms with Crippen molar-refractivity contribution >= 4 is 57.9 Å². The van der Waals surface area contributed by atoms with E-state index in [-0.39, 0.29) is 11.7 Å². The number of hydrogen-bond donors (Lipinski definition) is 1. The Labute approximate surface area is 204 Å². The summed E-state index contributed by atoms with van der Waals surface area (Å²) in [5, 5.41) is 15.4. The molecule has 0 saturated heterocycles. The second-order valence-electron chi connectivity index (χ2n) is 6.99. The number of carbonyl (C=O) groups excluding carboxylic acids is 1. The van der Waals surface area contributed by atoms with Gasteiger partial charge in [-0.05, 0) is 37.6 Å². The van der Waals surface area contributed by atoms with Crippen LogP contribution in [0.4, 0.5) is 5.69 Å². The molecule has 5 nitrogen and oxygen atoms in total. The van der Waals surface area contributed by atoms with Gasteiger partial charge in [-0.3, -0.25) is 4.79 Å². The van der Waals surface area contributed by atoms with Crippen LogP contribution in [0, 0.1) is 6.92 Å². The lowest BCUT2D eigenvalue weighted by Gasteiger charge is -2.10. The van der Waals surface area contributed by atoms with Crippen molar-refractivity contribution in [2.45, 2.75) is 25.5 Å². The molecule has 1 amide bonds. The van der Waals surface area contributed by atoms with Gasteiger partial charge in [-0.2, -0.15) is 0 Å². The molecular formula is C23H20Cl2N4OS2. The van der Waals surface area contributed by atoms with E-state index in [1.165, 1.54) is 22.2 Å². The predicted molar refractivity (Wildman–Crippen MR) is 135 cm³/mol. The van der Waals surface area contributed by atoms with Crippen LogP contribution in [0.3, 0.4) is 0 Å². The van der Waals surface area contributed by atoms with Gasteiger partial charge in [0, 0.05) is 43.7 Å². The number of aryl methyl sites for hydroxylation is 1. The van der Waals surface area contributed by atoms with Gasteiger partial charge in [0.2, 0.25) is 5.91 Å². The summed E-state index contributed by atoms with van der Waals surface area (Å²) in [5.74, 6) is 0.827. The quantitative estimate of drug-likeness (QED) is 0.275. The SMILES string of the molecule is CCn1c(SCC(=O)Nc2cc(Cl)cc(Cl)c2)nnc1-c1csc(C)c1-c1ccccc1. The van der Waals surface area contributed by atoms with Crippen molar-refractivity contribution in [3.8, 4) is 22.5 Å². The molecule has 164 valence electrons. The summed E-state index contributed by atoms with van der Waals surface area (Å²) in [6.07, 6.45) is 0. The van der Waals surface area contributed by atoms with Crippen molar-refractivity contribution in [1.82, 2.24) is 14.8 Å². The van der Waals surface area contributed by atoms with E-state index in [9.17, 15) is 4.79 Å². The third-order valence-corrected chi connectivity index (χ3v) is 7.10. The van der Waals surface area contributed by atoms with Crippen LogP contribution in [0.2, 0.25) is 10.0 Å². The minimum atomic E-state index is -0.170. The Morgan fingerprint density at radius 2 is 1.84 bits per heavy atom. The van der Waals surface area contributed by atoms with Gasteiger partial charge in [0.05, 0.1) is 5.75 Å². The second kappa shape index (κ2) is 10.1. The molecule has 9 heteroatoms. The van der Waals surface area contributed by atoms with Crippen LogP contribution >= 0.6 is 46.3 Å². The summed E-state index contributed by atoms with van der Waals surface area (Å²) >= 11 is 15.1. The predicted octanol–water partition coefficient (Wildman–Crippen LogP) is 7.04. The molecule has 1 N–H and O–H groups in total. The number of benzene rings is 2. The zero-order valence-electron chi connectivity index (χ0n) is 17.4. The molecular weight excluding hydrogens is 483 g/mol. The Balaban J connectivity index is 1.54. The summed E-state index contributed by atoms with van der Waals surface area (Å²) in [5.41, 5.74) is 3.94. The average Bonchev–Trinajstić information content (AvgIpc) is 3.34. The lowest BCUT2D eigenvalue weighted by Crippen LogP contribution is -2.14. The van der Waals surface area contributed by atoms with Crippen LogP contribution in [-0.2, 0) is 11.3 Å². The molecule has 0 radical (unpaired) electrons. The van der Waals surface area contributed by atoms with E-state index in [1.807, 2.05) is 29.7 Å². The molecule has 4 aromatic rings. The van der Waals surface area contributed by atoms with E-state index in [1.54, 1.807) is 29.5 Å². The van der Waals surface area contributed by atoms with Crippen molar-refractivity contribution in [2.24, 2.45) is 0 Å². The summed E-state index contributed by atoms with van der Waals surface area (Å²) in [4.78, 5) is 13.7. The summed E-state index contributed by atoms with van der Waals surface area (Å²) in [6, 6.07) is 15.2. The van der Waals surface area contributed by atoms with Gasteiger partial charge >= 0.3 is 0 Å². The van der Waals surface area contributed by atoms with Crippen LogP contribution in [0.1, 0.15) is 11.8 Å². The molecule has 4 rings (SSSR count). The molecule has 2 aromatic carbocycles. The van der Waals surface area contributed by atoms with Crippen LogP contribution in [-0.4, -0.2) is 26.4 Å². The Bertz CT molecular complexity index is 1230. The minimum absolute atomic E-state index is 0.170. The highest BCUT2D eigenvalue weighted by atomic mass is 35.5. The molecule has 0 unspecified atom stereocenters. The van der Waals surface area contributed by atoms with Crippen molar-refractivity contribution in [2.75, 3.05) is 11.1 Å². The number of halogens is 2. The van der Waals surface area contributed by atoms with Crippen LogP contribution in [0.25, 0.3) is 22.5 Å². The summed E-state index contributed by atoms with van der Waals surface area (Å²) in [7, 11) is 0. The highest BCUT2D eigenvalue weighted by Crippen LogP contribution is 2.39. The van der Waals surface area contributed by atoms with Gasteiger partial charge in [-0.25, -0.2) is 0 Å². The first-order chi connectivity index (χ1) is 15.5. The highest BCUT2D eigenvalue weighted by molar-refractivity contribution is 7.99. The molecule has 2 aromatic heterocycles. The van der Waals surface area contributed by atoms with E-state index < -0.39 is 0 Å². The molecule has 0 aliphatic heterocycles. The van der Waals surface area contributed by atoms with Crippen molar-refractivity contribution < 1.29 is 4.79 Å². The Hall–Kier alpha value is -2.32. The van der Waals surface area contributed by atoms with E-state index in [2.05, 4.69) is 40.0 Å². The highest BCUT2D eigenvalue weighted by Gasteiger charge is 2.20. The summed E-state index contributed by atoms with van der Waals surface area (Å²) in [6.45, 7) is 4.86. The van der Waals surface area contributed by atoms with Crippen molar-refractivity contribution in [3.05, 3.63) is 68.8 Å². The third-order valence-electron chi connectivity index (χ3n) is 4.79. The Kier molecular flexibility index (Phi) is 7.20. The zero-order chi connectivity index (χ0) is 22.7. The number of anilines is 1. The number of hydrogen-bond acceptors (Lipinski definition) is 5. The minimum Gasteiger partial charge on any atom is -0.325 e. The monoisotopic (exact) mass is 502 g/mol. The van der Waals surface area contributed by atoms with E-state index in [0.717, 1.165) is 17.0 Å². The zero-order valence-corrected chi connectivity index (χ0v) is 20.6. The Morgan fingerprint density at radius 3 is 2.53 bits per heavy atom. The van der Waals surface area contributed by atoms with Gasteiger partial charge in [-0.1, -0.05) is 65.3 Å². The number of nitrogens with one attached hydrogen (secondary N) is 1. The fourth-order valence-corrected chi connectivity index (χ4v) is 5.61. The molecule has 0 fully saturated rings. The number of nitrogens with zero attached hydrogens (tertiary/aromatic N) is 3. The fraction of sp³-hybridized carbons (Fsp3) is 0.174. The van der Waals surface area contributed by atoms with E-state index in [0.29, 0.717) is 27.4 Å². The van der Waals surface area contributed by atoms with Gasteiger partial charge in [0.1, 0.15) is 0 Å². The molecule has 2 heterocycles. The fourth-order valence-electron chi connectivity index (χ4n) is 3.42. The van der Waals surface area contributed by atoms with Gasteiger partial charge < -0.3 is 9.88 Å². The number of aromatic nitrogens is 3. The first kappa shape index (κ1) is 22.9. The van der Waals surface area contributed by atoms with Crippen molar-refractivity contribution in [1.29, 1.82) is 0 Å². The molecule has 0 saturated carbocycles. The maximum Gasteiger partial charge on any atom is 0.234 e. The molecule has 32 heavy (non-hydrogen) atoms. The molecule has 0 aliphatic carbocycles. The van der Waals surface area contributed by atoms with Gasteiger partial charge in [-0.15, -0.1) is 21.5 Å². The topological polar surface area (TPSA) is 59.8 Å². The molecule has 0 aliphatic rings. The first-order valence-electron chi connectivity index (χ1n) is 9.92. The standard InChI is InChI=1S/C23H20Cl2N4OS2/c1-3-29-22(19-12-31-14(2)21(19)15-7-5-4-6-8-15)27-28-23(29)32-13-20(30)26-18-10-16(24)9-17(25)11-18/h4-12H,3,13H2,1-2H3,(H,26,30). The smallest absolute Gasteiger partial charge is 0.234 e. The van der Waals surface area contributed by atoms with Crippen LogP contribution in [0.15, 0.2) is 59.1 Å². The van der Waals surface area contributed by atoms with E-state index >= 15 is 0 Å². The Morgan fingerprint density at radius 1 is 1.12 bits per heavy atom. The first-order valence-corrected chi connectivity index (χ1v) is 12.5. The van der Waals surface area contributed by atoms with Gasteiger partial charge in [0.25, 0.3) is 0 Å². The number of thiophene rings is 1. The largest absolute Gasteiger partial charge is 0.325 e. The number of thioether (sulfide) groups is 1. The lowest BCUT2D eigenvalue weighted by atomic mass is 10.0. The number of rotatable bonds is 7. The number of amides is 1. The lowest BCUT2D eigenvalue weighted by molar-refractivity contribution is -0.113.